The Morgan fingerprint density at radius 1 is 1.32 bits per heavy atom. The monoisotopic (exact) mass is 393 g/mol. The van der Waals surface area contributed by atoms with Crippen molar-refractivity contribution in [2.75, 3.05) is 6.54 Å². The van der Waals surface area contributed by atoms with Crippen molar-refractivity contribution >= 4 is 37.8 Å². The highest BCUT2D eigenvalue weighted by Crippen LogP contribution is 2.28. The predicted octanol–water partition coefficient (Wildman–Crippen LogP) is 4.87. The fourth-order valence-electron chi connectivity index (χ4n) is 2.52. The molecule has 0 aromatic rings. The second kappa shape index (κ2) is 9.17. The van der Waals surface area contributed by atoms with Crippen LogP contribution in [0.25, 0.3) is 0 Å². The molecule has 0 aromatic heterocycles. The SMILES string of the molecule is CCCCCCC(CC(C)C(Br)Br)N1CC=CC1=O. The van der Waals surface area contributed by atoms with E-state index < -0.39 is 0 Å². The van der Waals surface area contributed by atoms with Gasteiger partial charge in [0.25, 0.3) is 0 Å². The highest BCUT2D eigenvalue weighted by Gasteiger charge is 2.26. The molecule has 19 heavy (non-hydrogen) atoms. The van der Waals surface area contributed by atoms with E-state index in [0.29, 0.717) is 15.7 Å². The minimum absolute atomic E-state index is 0.188. The molecule has 0 radical (unpaired) electrons. The topological polar surface area (TPSA) is 20.3 Å². The Hall–Kier alpha value is 0.170. The van der Waals surface area contributed by atoms with Crippen LogP contribution in [0.1, 0.15) is 52.4 Å². The maximum atomic E-state index is 11.9. The molecule has 0 spiro atoms. The highest BCUT2D eigenvalue weighted by molar-refractivity contribution is 9.24. The average Bonchev–Trinajstić information content (AvgIpc) is 2.79. The van der Waals surface area contributed by atoms with Gasteiger partial charge in [-0.15, -0.1) is 0 Å². The van der Waals surface area contributed by atoms with E-state index in [4.69, 9.17) is 0 Å². The van der Waals surface area contributed by atoms with E-state index in [2.05, 4.69) is 45.7 Å². The van der Waals surface area contributed by atoms with Crippen LogP contribution in [-0.2, 0) is 4.79 Å². The fraction of sp³-hybridized carbons (Fsp3) is 0.800. The minimum Gasteiger partial charge on any atom is -0.332 e. The molecule has 0 saturated carbocycles. The normalized spacial score (nSPS) is 18.4. The third-order valence-corrected chi connectivity index (χ3v) is 5.56. The number of carbonyl (C=O) groups is 1. The summed E-state index contributed by atoms with van der Waals surface area (Å²) in [6.45, 7) is 5.24. The van der Waals surface area contributed by atoms with Crippen LogP contribution in [0.15, 0.2) is 12.2 Å². The Morgan fingerprint density at radius 2 is 2.05 bits per heavy atom. The molecule has 4 heteroatoms. The third kappa shape index (κ3) is 5.99. The van der Waals surface area contributed by atoms with E-state index in [9.17, 15) is 4.79 Å². The summed E-state index contributed by atoms with van der Waals surface area (Å²) < 4.78 is 0.323. The summed E-state index contributed by atoms with van der Waals surface area (Å²) in [5.41, 5.74) is 0. The predicted molar refractivity (Wildman–Crippen MR) is 88.8 cm³/mol. The lowest BCUT2D eigenvalue weighted by atomic mass is 9.97. The first-order chi connectivity index (χ1) is 9.06. The van der Waals surface area contributed by atoms with Crippen LogP contribution in [0.2, 0.25) is 0 Å². The number of alkyl halides is 2. The van der Waals surface area contributed by atoms with E-state index in [-0.39, 0.29) is 5.91 Å². The van der Waals surface area contributed by atoms with E-state index in [1.165, 1.54) is 25.7 Å². The molecule has 1 aliphatic rings. The van der Waals surface area contributed by atoms with Gasteiger partial charge in [0.2, 0.25) is 5.91 Å². The van der Waals surface area contributed by atoms with Crippen LogP contribution in [0.4, 0.5) is 0 Å². The van der Waals surface area contributed by atoms with Gasteiger partial charge in [0.15, 0.2) is 0 Å². The average molecular weight is 395 g/mol. The number of amides is 1. The second-order valence-corrected chi connectivity index (χ2v) is 8.65. The van der Waals surface area contributed by atoms with Gasteiger partial charge < -0.3 is 4.90 Å². The van der Waals surface area contributed by atoms with Gasteiger partial charge >= 0.3 is 0 Å². The molecule has 0 aliphatic carbocycles. The van der Waals surface area contributed by atoms with Gasteiger partial charge in [-0.05, 0) is 18.8 Å². The van der Waals surface area contributed by atoms with Crippen molar-refractivity contribution in [3.05, 3.63) is 12.2 Å². The molecule has 0 saturated heterocycles. The van der Waals surface area contributed by atoms with Crippen molar-refractivity contribution in [3.8, 4) is 0 Å². The van der Waals surface area contributed by atoms with Crippen LogP contribution in [0.5, 0.6) is 0 Å². The molecule has 0 aromatic carbocycles. The van der Waals surface area contributed by atoms with Crippen LogP contribution in [0, 0.1) is 5.92 Å². The van der Waals surface area contributed by atoms with Crippen molar-refractivity contribution in [1.29, 1.82) is 0 Å². The Labute approximate surface area is 134 Å². The van der Waals surface area contributed by atoms with Crippen LogP contribution in [0.3, 0.4) is 0 Å². The number of hydrogen-bond donors (Lipinski definition) is 0. The molecule has 110 valence electrons. The van der Waals surface area contributed by atoms with Crippen LogP contribution < -0.4 is 0 Å². The highest BCUT2D eigenvalue weighted by atomic mass is 79.9. The fourth-order valence-corrected chi connectivity index (χ4v) is 2.95. The molecular formula is C15H25Br2NO. The molecule has 2 unspecified atom stereocenters. The van der Waals surface area contributed by atoms with E-state index >= 15 is 0 Å². The van der Waals surface area contributed by atoms with Gasteiger partial charge in [-0.3, -0.25) is 4.79 Å². The van der Waals surface area contributed by atoms with Gasteiger partial charge in [0.05, 0.1) is 3.74 Å². The second-order valence-electron chi connectivity index (χ2n) is 5.44. The summed E-state index contributed by atoms with van der Waals surface area (Å²) in [6, 6.07) is 0.381. The molecule has 2 atom stereocenters. The number of nitrogens with zero attached hydrogens (tertiary/aromatic N) is 1. The first-order valence-electron chi connectivity index (χ1n) is 7.31. The van der Waals surface area contributed by atoms with Crippen molar-refractivity contribution in [2.45, 2.75) is 62.2 Å². The molecule has 2 nitrogen and oxygen atoms in total. The Bertz CT molecular complexity index is 305. The number of unbranched alkanes of at least 4 members (excludes halogenated alkanes) is 3. The minimum atomic E-state index is 0.188. The standard InChI is InChI=1S/C15H25Br2NO/c1-3-4-5-6-8-13(11-12(2)15(16)17)18-10-7-9-14(18)19/h7,9,12-13,15H,3-6,8,10-11H2,1-2H3. The van der Waals surface area contributed by atoms with Crippen LogP contribution in [-0.4, -0.2) is 27.1 Å². The zero-order chi connectivity index (χ0) is 14.3. The van der Waals surface area contributed by atoms with Crippen molar-refractivity contribution in [2.24, 2.45) is 5.92 Å². The quantitative estimate of drug-likeness (QED) is 0.403. The molecule has 0 bridgehead atoms. The van der Waals surface area contributed by atoms with Crippen molar-refractivity contribution in [1.82, 2.24) is 4.90 Å². The molecular weight excluding hydrogens is 370 g/mol. The maximum absolute atomic E-state index is 11.9. The lowest BCUT2D eigenvalue weighted by molar-refractivity contribution is -0.127. The largest absolute Gasteiger partial charge is 0.332 e. The van der Waals surface area contributed by atoms with Crippen LogP contribution >= 0.6 is 31.9 Å². The zero-order valence-electron chi connectivity index (χ0n) is 11.9. The van der Waals surface area contributed by atoms with Crippen molar-refractivity contribution < 1.29 is 4.79 Å². The summed E-state index contributed by atoms with van der Waals surface area (Å²) >= 11 is 7.17. The van der Waals surface area contributed by atoms with E-state index in [0.717, 1.165) is 19.4 Å². The number of hydrogen-bond acceptors (Lipinski definition) is 1. The van der Waals surface area contributed by atoms with E-state index in [1.807, 2.05) is 11.0 Å². The van der Waals surface area contributed by atoms with Gasteiger partial charge in [0, 0.05) is 18.7 Å². The molecule has 1 amide bonds. The van der Waals surface area contributed by atoms with Gasteiger partial charge in [-0.25, -0.2) is 0 Å². The zero-order valence-corrected chi connectivity index (χ0v) is 15.1. The Kier molecular flexibility index (Phi) is 8.31. The lowest BCUT2D eigenvalue weighted by Gasteiger charge is -2.30. The van der Waals surface area contributed by atoms with Gasteiger partial charge in [0.1, 0.15) is 0 Å². The van der Waals surface area contributed by atoms with Gasteiger partial charge in [-0.1, -0.05) is 77.5 Å². The first-order valence-corrected chi connectivity index (χ1v) is 9.14. The number of halogens is 2. The molecule has 0 N–H and O–H groups in total. The molecule has 1 aliphatic heterocycles. The first kappa shape index (κ1) is 17.2. The summed E-state index contributed by atoms with van der Waals surface area (Å²) in [5.74, 6) is 0.706. The van der Waals surface area contributed by atoms with Gasteiger partial charge in [-0.2, -0.15) is 0 Å². The summed E-state index contributed by atoms with van der Waals surface area (Å²) in [6.07, 6.45) is 10.9. The van der Waals surface area contributed by atoms with E-state index in [1.54, 1.807) is 6.08 Å². The summed E-state index contributed by atoms with van der Waals surface area (Å²) in [7, 11) is 0. The summed E-state index contributed by atoms with van der Waals surface area (Å²) in [4.78, 5) is 13.9. The van der Waals surface area contributed by atoms with Crippen molar-refractivity contribution in [3.63, 3.8) is 0 Å². The third-order valence-electron chi connectivity index (χ3n) is 3.75. The number of rotatable bonds is 9. The Balaban J connectivity index is 2.50. The molecule has 1 rings (SSSR count). The lowest BCUT2D eigenvalue weighted by Crippen LogP contribution is -2.38. The molecule has 1 heterocycles. The summed E-state index contributed by atoms with van der Waals surface area (Å²) in [5, 5.41) is 0. The Morgan fingerprint density at radius 3 is 2.58 bits per heavy atom. The number of carbonyl (C=O) groups excluding carboxylic acids is 1. The smallest absolute Gasteiger partial charge is 0.246 e. The molecule has 0 fully saturated rings. The maximum Gasteiger partial charge on any atom is 0.246 e.